The minimum atomic E-state index is -4.65. The zero-order valence-corrected chi connectivity index (χ0v) is 21.6. The van der Waals surface area contributed by atoms with Crippen LogP contribution in [0.2, 0.25) is 0 Å². The molecular formula is C25H24F4N6O3S. The fraction of sp³-hybridized carbons (Fsp3) is 0.240. The number of fused-ring (bicyclic) bond motifs is 1. The van der Waals surface area contributed by atoms with Crippen molar-refractivity contribution in [2.24, 2.45) is 5.73 Å². The van der Waals surface area contributed by atoms with Gasteiger partial charge >= 0.3 is 6.18 Å². The zero-order valence-electron chi connectivity index (χ0n) is 20.8. The number of aromatic amines is 1. The number of nitrogens with two attached hydrogens (primary N) is 1. The Labute approximate surface area is 222 Å². The van der Waals surface area contributed by atoms with E-state index in [2.05, 4.69) is 20.5 Å². The van der Waals surface area contributed by atoms with Crippen molar-refractivity contribution in [2.45, 2.75) is 26.1 Å². The van der Waals surface area contributed by atoms with Gasteiger partial charge in [0.1, 0.15) is 16.8 Å². The molecule has 0 bridgehead atoms. The Morgan fingerprint density at radius 1 is 1.21 bits per heavy atom. The molecule has 4 rings (SSSR count). The third-order valence-electron chi connectivity index (χ3n) is 5.95. The standard InChI is InChI=1S/C25H24F4N6O3S/c1-3-39(38)35(2)19-7-5-4-6-13(19)12-31-24-21-18(33-34-22(21)23(30)37)10-17(32-24)15-9-16(26)20(36)8-14(15)11-25(27,28)29/h4-10,36H,3,11-12H2,1-2H3,(H2,30,37)(H,31,32)(H,33,34). The Bertz CT molecular complexity index is 1570. The van der Waals surface area contributed by atoms with Crippen LogP contribution in [0.25, 0.3) is 22.2 Å². The Morgan fingerprint density at radius 2 is 1.92 bits per heavy atom. The number of alkyl halides is 3. The topological polar surface area (TPSA) is 137 Å². The summed E-state index contributed by atoms with van der Waals surface area (Å²) in [5, 5.41) is 19.5. The predicted molar refractivity (Wildman–Crippen MR) is 140 cm³/mol. The van der Waals surface area contributed by atoms with Gasteiger partial charge in [-0.2, -0.15) is 18.3 Å². The number of aromatic nitrogens is 3. The van der Waals surface area contributed by atoms with Crippen LogP contribution < -0.4 is 15.4 Å². The van der Waals surface area contributed by atoms with Gasteiger partial charge in [0.25, 0.3) is 5.91 Å². The number of aromatic hydroxyl groups is 1. The van der Waals surface area contributed by atoms with Crippen LogP contribution in [0.15, 0.2) is 42.5 Å². The van der Waals surface area contributed by atoms with Crippen LogP contribution in [-0.2, 0) is 24.0 Å². The first-order valence-electron chi connectivity index (χ1n) is 11.6. The van der Waals surface area contributed by atoms with Crippen molar-refractivity contribution in [3.63, 3.8) is 0 Å². The summed E-state index contributed by atoms with van der Waals surface area (Å²) >= 11 is 0. The van der Waals surface area contributed by atoms with Crippen molar-refractivity contribution in [3.8, 4) is 17.0 Å². The molecule has 1 atom stereocenters. The highest BCUT2D eigenvalue weighted by Gasteiger charge is 2.30. The molecule has 0 aliphatic rings. The van der Waals surface area contributed by atoms with Gasteiger partial charge in [-0.15, -0.1) is 0 Å². The molecule has 4 aromatic rings. The number of pyridine rings is 1. The maximum Gasteiger partial charge on any atom is 0.393 e. The number of phenols is 1. The molecule has 2 aromatic heterocycles. The first-order valence-corrected chi connectivity index (χ1v) is 12.9. The number of benzene rings is 2. The molecule has 0 spiro atoms. The first-order chi connectivity index (χ1) is 18.4. The third kappa shape index (κ3) is 5.95. The van der Waals surface area contributed by atoms with Crippen LogP contribution >= 0.6 is 0 Å². The summed E-state index contributed by atoms with van der Waals surface area (Å²) in [5.41, 5.74) is 6.22. The molecule has 0 fully saturated rings. The zero-order chi connectivity index (χ0) is 28.5. The van der Waals surface area contributed by atoms with E-state index < -0.39 is 46.6 Å². The number of para-hydroxylation sites is 1. The van der Waals surface area contributed by atoms with Gasteiger partial charge in [0.15, 0.2) is 17.3 Å². The van der Waals surface area contributed by atoms with Gasteiger partial charge in [-0.25, -0.2) is 13.6 Å². The molecular weight excluding hydrogens is 540 g/mol. The Morgan fingerprint density at radius 3 is 2.59 bits per heavy atom. The number of H-pyrrole nitrogens is 1. The Balaban J connectivity index is 1.84. The molecule has 2 heterocycles. The molecule has 0 saturated heterocycles. The molecule has 2 aromatic carbocycles. The summed E-state index contributed by atoms with van der Waals surface area (Å²) in [6.07, 6.45) is -6.09. The maximum atomic E-state index is 14.3. The van der Waals surface area contributed by atoms with Crippen LogP contribution in [0.5, 0.6) is 5.75 Å². The van der Waals surface area contributed by atoms with Crippen molar-refractivity contribution >= 4 is 39.3 Å². The van der Waals surface area contributed by atoms with Crippen molar-refractivity contribution < 1.29 is 31.7 Å². The summed E-state index contributed by atoms with van der Waals surface area (Å²) in [5.74, 6) is -2.49. The van der Waals surface area contributed by atoms with E-state index in [0.29, 0.717) is 23.1 Å². The van der Waals surface area contributed by atoms with E-state index in [1.54, 1.807) is 42.5 Å². The molecule has 0 aliphatic heterocycles. The number of halogens is 4. The average Bonchev–Trinajstić information content (AvgIpc) is 3.32. The van der Waals surface area contributed by atoms with E-state index in [1.807, 2.05) is 0 Å². The highest BCUT2D eigenvalue weighted by Crippen LogP contribution is 2.36. The summed E-state index contributed by atoms with van der Waals surface area (Å²) in [4.78, 5) is 16.5. The summed E-state index contributed by atoms with van der Waals surface area (Å²) in [7, 11) is 0.394. The number of nitrogens with one attached hydrogen (secondary N) is 2. The number of anilines is 2. The minimum Gasteiger partial charge on any atom is -0.505 e. The molecule has 39 heavy (non-hydrogen) atoms. The fourth-order valence-corrected chi connectivity index (χ4v) is 4.93. The number of carbonyl (C=O) groups is 1. The van der Waals surface area contributed by atoms with E-state index in [4.69, 9.17) is 5.73 Å². The van der Waals surface area contributed by atoms with Gasteiger partial charge in [-0.05, 0) is 35.4 Å². The maximum absolute atomic E-state index is 14.3. The monoisotopic (exact) mass is 564 g/mol. The number of amides is 1. The summed E-state index contributed by atoms with van der Waals surface area (Å²) in [6.45, 7) is 1.89. The van der Waals surface area contributed by atoms with E-state index in [-0.39, 0.29) is 40.2 Å². The number of carbonyl (C=O) groups excluding carboxylic acids is 1. The molecule has 14 heteroatoms. The summed E-state index contributed by atoms with van der Waals surface area (Å²) in [6, 6.07) is 9.91. The van der Waals surface area contributed by atoms with Gasteiger partial charge in [-0.1, -0.05) is 25.1 Å². The largest absolute Gasteiger partial charge is 0.505 e. The van der Waals surface area contributed by atoms with E-state index in [1.165, 1.54) is 6.07 Å². The Kier molecular flexibility index (Phi) is 7.77. The smallest absolute Gasteiger partial charge is 0.393 e. The average molecular weight is 565 g/mol. The van der Waals surface area contributed by atoms with Crippen LogP contribution in [0, 0.1) is 5.82 Å². The van der Waals surface area contributed by atoms with E-state index in [9.17, 15) is 31.7 Å². The van der Waals surface area contributed by atoms with Gasteiger partial charge in [0.05, 0.1) is 28.7 Å². The van der Waals surface area contributed by atoms with Crippen LogP contribution in [0.3, 0.4) is 0 Å². The van der Waals surface area contributed by atoms with Crippen molar-refractivity contribution in [2.75, 3.05) is 22.4 Å². The van der Waals surface area contributed by atoms with E-state index in [0.717, 1.165) is 6.07 Å². The lowest BCUT2D eigenvalue weighted by Gasteiger charge is -2.21. The van der Waals surface area contributed by atoms with Gasteiger partial charge in [0, 0.05) is 24.9 Å². The molecule has 0 aliphatic carbocycles. The second-order valence-corrected chi connectivity index (χ2v) is 10.3. The number of hydrogen-bond acceptors (Lipinski definition) is 6. The second-order valence-electron chi connectivity index (χ2n) is 8.56. The SMILES string of the molecule is CCS(=O)N(C)c1ccccc1CNc1nc(-c2cc(F)c(O)cc2CC(F)(F)F)cc2[nH]nc(C(N)=O)c12. The number of rotatable bonds is 9. The number of nitrogens with zero attached hydrogens (tertiary/aromatic N) is 3. The van der Waals surface area contributed by atoms with Gasteiger partial charge in [0.2, 0.25) is 0 Å². The number of phenolic OH excluding ortho intramolecular Hbond substituents is 1. The van der Waals surface area contributed by atoms with Crippen molar-refractivity contribution in [1.29, 1.82) is 0 Å². The normalized spacial score (nSPS) is 12.5. The number of primary amides is 1. The molecule has 9 nitrogen and oxygen atoms in total. The van der Waals surface area contributed by atoms with Gasteiger partial charge in [-0.3, -0.25) is 14.2 Å². The van der Waals surface area contributed by atoms with Crippen LogP contribution in [-0.4, -0.2) is 49.4 Å². The molecule has 0 radical (unpaired) electrons. The lowest BCUT2D eigenvalue weighted by molar-refractivity contribution is -0.127. The van der Waals surface area contributed by atoms with Crippen molar-refractivity contribution in [1.82, 2.24) is 15.2 Å². The second kappa shape index (κ2) is 10.9. The van der Waals surface area contributed by atoms with Crippen LogP contribution in [0.1, 0.15) is 28.5 Å². The predicted octanol–water partition coefficient (Wildman–Crippen LogP) is 4.41. The molecule has 206 valence electrons. The van der Waals surface area contributed by atoms with Gasteiger partial charge < -0.3 is 16.2 Å². The highest BCUT2D eigenvalue weighted by molar-refractivity contribution is 7.86. The van der Waals surface area contributed by atoms with Crippen molar-refractivity contribution in [3.05, 3.63) is 65.1 Å². The third-order valence-corrected chi connectivity index (χ3v) is 7.25. The minimum absolute atomic E-state index is 0.0468. The number of hydrogen-bond donors (Lipinski definition) is 4. The van der Waals surface area contributed by atoms with E-state index >= 15 is 0 Å². The molecule has 1 amide bonds. The summed E-state index contributed by atoms with van der Waals surface area (Å²) < 4.78 is 68.2. The fourth-order valence-electron chi connectivity index (χ4n) is 4.14. The highest BCUT2D eigenvalue weighted by atomic mass is 32.2. The molecule has 1 unspecified atom stereocenters. The first kappa shape index (κ1) is 27.8. The lowest BCUT2D eigenvalue weighted by atomic mass is 9.99. The molecule has 0 saturated carbocycles. The van der Waals surface area contributed by atoms with Crippen LogP contribution in [0.4, 0.5) is 29.1 Å². The Hall–Kier alpha value is -4.20. The quantitative estimate of drug-likeness (QED) is 0.222. The molecule has 5 N–H and O–H groups in total. The lowest BCUT2D eigenvalue weighted by Crippen LogP contribution is -2.23.